The highest BCUT2D eigenvalue weighted by molar-refractivity contribution is 5.04. The fraction of sp³-hybridized carbons (Fsp3) is 1.00. The molecule has 0 saturated heterocycles. The monoisotopic (exact) mass is 171 g/mol. The molecule has 0 spiro atoms. The molecule has 0 unspecified atom stereocenters. The summed E-state index contributed by atoms with van der Waals surface area (Å²) >= 11 is 0. The van der Waals surface area contributed by atoms with Crippen LogP contribution in [0, 0.1) is 0 Å². The average Bonchev–Trinajstić information content (AvgIpc) is 2.74. The van der Waals surface area contributed by atoms with Gasteiger partial charge in [0.25, 0.3) is 0 Å². The van der Waals surface area contributed by atoms with Gasteiger partial charge in [0.15, 0.2) is 0 Å². The molecule has 0 aromatic carbocycles. The Labute approximate surface area is 72.8 Å². The zero-order valence-corrected chi connectivity index (χ0v) is 7.29. The summed E-state index contributed by atoms with van der Waals surface area (Å²) in [4.78, 5) is 0. The molecule has 3 N–H and O–H groups in total. The molecule has 70 valence electrons. The normalized spacial score (nSPS) is 38.5. The van der Waals surface area contributed by atoms with E-state index in [9.17, 15) is 5.11 Å². The molecule has 0 radical (unpaired) electrons. The molecule has 2 aliphatic carbocycles. The predicted octanol–water partition coefficient (Wildman–Crippen LogP) is 0.0143. The Morgan fingerprint density at radius 2 is 2.08 bits per heavy atom. The van der Waals surface area contributed by atoms with Gasteiger partial charge in [-0.25, -0.2) is 0 Å². The first kappa shape index (κ1) is 8.48. The zero-order chi connectivity index (χ0) is 8.60. The van der Waals surface area contributed by atoms with Crippen LogP contribution < -0.4 is 5.32 Å². The number of rotatable bonds is 3. The largest absolute Gasteiger partial charge is 0.394 e. The summed E-state index contributed by atoms with van der Waals surface area (Å²) in [7, 11) is 0. The van der Waals surface area contributed by atoms with Crippen LogP contribution in [0.2, 0.25) is 0 Å². The third kappa shape index (κ3) is 1.49. The van der Waals surface area contributed by atoms with Crippen LogP contribution in [0.1, 0.15) is 32.1 Å². The Kier molecular flexibility index (Phi) is 2.10. The van der Waals surface area contributed by atoms with Gasteiger partial charge in [-0.15, -0.1) is 0 Å². The molecular formula is C9H17NO2. The van der Waals surface area contributed by atoms with Crippen LogP contribution in [0.4, 0.5) is 0 Å². The first-order valence-electron chi connectivity index (χ1n) is 4.82. The van der Waals surface area contributed by atoms with Crippen molar-refractivity contribution in [2.24, 2.45) is 0 Å². The average molecular weight is 171 g/mol. The van der Waals surface area contributed by atoms with Gasteiger partial charge in [-0.1, -0.05) is 0 Å². The smallest absolute Gasteiger partial charge is 0.0693 e. The van der Waals surface area contributed by atoms with Crippen LogP contribution >= 0.6 is 0 Å². The van der Waals surface area contributed by atoms with Gasteiger partial charge >= 0.3 is 0 Å². The summed E-state index contributed by atoms with van der Waals surface area (Å²) < 4.78 is 0. The van der Waals surface area contributed by atoms with Crippen molar-refractivity contribution in [3.63, 3.8) is 0 Å². The van der Waals surface area contributed by atoms with E-state index in [-0.39, 0.29) is 24.3 Å². The van der Waals surface area contributed by atoms with Crippen molar-refractivity contribution in [2.45, 2.75) is 49.8 Å². The van der Waals surface area contributed by atoms with E-state index in [0.29, 0.717) is 0 Å². The van der Waals surface area contributed by atoms with Gasteiger partial charge in [-0.05, 0) is 32.1 Å². The zero-order valence-electron chi connectivity index (χ0n) is 7.29. The summed E-state index contributed by atoms with van der Waals surface area (Å²) in [6, 6.07) is 0.236. The predicted molar refractivity (Wildman–Crippen MR) is 45.8 cm³/mol. The lowest BCUT2D eigenvalue weighted by atomic mass is 10.1. The molecule has 2 rings (SSSR count). The Hall–Kier alpha value is -0.120. The number of hydrogen-bond acceptors (Lipinski definition) is 3. The second kappa shape index (κ2) is 2.98. The minimum Gasteiger partial charge on any atom is -0.394 e. The number of nitrogens with one attached hydrogen (secondary N) is 1. The number of aliphatic hydroxyl groups excluding tert-OH is 2. The Morgan fingerprint density at radius 3 is 2.50 bits per heavy atom. The van der Waals surface area contributed by atoms with Crippen molar-refractivity contribution >= 4 is 0 Å². The van der Waals surface area contributed by atoms with Crippen molar-refractivity contribution < 1.29 is 10.2 Å². The molecule has 0 aromatic heterocycles. The minimum atomic E-state index is -0.186. The van der Waals surface area contributed by atoms with Crippen LogP contribution in [-0.2, 0) is 0 Å². The molecule has 2 saturated carbocycles. The second-order valence-electron chi connectivity index (χ2n) is 4.19. The fourth-order valence-electron chi connectivity index (χ4n) is 2.00. The van der Waals surface area contributed by atoms with Gasteiger partial charge in [0, 0.05) is 11.6 Å². The third-order valence-electron chi connectivity index (χ3n) is 3.13. The molecule has 12 heavy (non-hydrogen) atoms. The molecule has 0 aromatic rings. The van der Waals surface area contributed by atoms with E-state index in [4.69, 9.17) is 5.11 Å². The Balaban J connectivity index is 1.86. The summed E-state index contributed by atoms with van der Waals surface area (Å²) in [5.41, 5.74) is -0.0179. The van der Waals surface area contributed by atoms with E-state index >= 15 is 0 Å². The lowest BCUT2D eigenvalue weighted by molar-refractivity contribution is 0.127. The van der Waals surface area contributed by atoms with Crippen molar-refractivity contribution in [2.75, 3.05) is 6.61 Å². The topological polar surface area (TPSA) is 52.5 Å². The molecule has 2 atom stereocenters. The number of hydrogen-bond donors (Lipinski definition) is 3. The van der Waals surface area contributed by atoms with Gasteiger partial charge in [-0.3, -0.25) is 0 Å². The first-order valence-corrected chi connectivity index (χ1v) is 4.82. The molecule has 3 heteroatoms. The summed E-state index contributed by atoms with van der Waals surface area (Å²) in [6.07, 6.45) is 5.02. The molecule has 0 amide bonds. The van der Waals surface area contributed by atoms with E-state index in [2.05, 4.69) is 5.32 Å². The maximum absolute atomic E-state index is 9.53. The standard InChI is InChI=1S/C9H17NO2/c11-6-9(4-5-9)10-7-2-1-3-8(7)12/h7-8,10-12H,1-6H2/t7-,8-/m1/s1. The second-order valence-corrected chi connectivity index (χ2v) is 4.19. The van der Waals surface area contributed by atoms with Gasteiger partial charge in [0.1, 0.15) is 0 Å². The third-order valence-corrected chi connectivity index (χ3v) is 3.13. The van der Waals surface area contributed by atoms with Crippen LogP contribution in [0.3, 0.4) is 0 Å². The first-order chi connectivity index (χ1) is 5.76. The molecule has 0 aliphatic heterocycles. The van der Waals surface area contributed by atoms with Gasteiger partial charge in [0.05, 0.1) is 12.7 Å². The van der Waals surface area contributed by atoms with Crippen LogP contribution in [0.5, 0.6) is 0 Å². The SMILES string of the molecule is OCC1(N[C@@H]2CCC[C@H]2O)CC1. The molecule has 0 heterocycles. The van der Waals surface area contributed by atoms with E-state index in [1.54, 1.807) is 0 Å². The summed E-state index contributed by atoms with van der Waals surface area (Å²) in [5, 5.41) is 22.0. The maximum atomic E-state index is 9.53. The lowest BCUT2D eigenvalue weighted by Gasteiger charge is -2.22. The van der Waals surface area contributed by atoms with Crippen molar-refractivity contribution in [1.82, 2.24) is 5.32 Å². The Bertz CT molecular complexity index is 168. The number of aliphatic hydroxyl groups is 2. The fourth-order valence-corrected chi connectivity index (χ4v) is 2.00. The maximum Gasteiger partial charge on any atom is 0.0693 e. The molecular weight excluding hydrogens is 154 g/mol. The van der Waals surface area contributed by atoms with Crippen LogP contribution in [-0.4, -0.2) is 34.5 Å². The molecule has 2 fully saturated rings. The molecule has 3 nitrogen and oxygen atoms in total. The van der Waals surface area contributed by atoms with Crippen molar-refractivity contribution in [3.05, 3.63) is 0 Å². The summed E-state index contributed by atoms with van der Waals surface area (Å²) in [6.45, 7) is 0.218. The van der Waals surface area contributed by atoms with Gasteiger partial charge in [-0.2, -0.15) is 0 Å². The van der Waals surface area contributed by atoms with Crippen molar-refractivity contribution in [3.8, 4) is 0 Å². The molecule has 0 bridgehead atoms. The van der Waals surface area contributed by atoms with Crippen molar-refractivity contribution in [1.29, 1.82) is 0 Å². The Morgan fingerprint density at radius 1 is 1.33 bits per heavy atom. The van der Waals surface area contributed by atoms with Gasteiger partial charge < -0.3 is 15.5 Å². The van der Waals surface area contributed by atoms with Crippen LogP contribution in [0.15, 0.2) is 0 Å². The highest BCUT2D eigenvalue weighted by Gasteiger charge is 2.44. The van der Waals surface area contributed by atoms with E-state index in [1.165, 1.54) is 0 Å². The van der Waals surface area contributed by atoms with Crippen LogP contribution in [0.25, 0.3) is 0 Å². The quantitative estimate of drug-likeness (QED) is 0.561. The molecule has 2 aliphatic rings. The summed E-state index contributed by atoms with van der Waals surface area (Å²) in [5.74, 6) is 0. The minimum absolute atomic E-state index is 0.0179. The van der Waals surface area contributed by atoms with E-state index in [0.717, 1.165) is 32.1 Å². The highest BCUT2D eigenvalue weighted by Crippen LogP contribution is 2.36. The van der Waals surface area contributed by atoms with E-state index < -0.39 is 0 Å². The lowest BCUT2D eigenvalue weighted by Crippen LogP contribution is -2.46. The van der Waals surface area contributed by atoms with E-state index in [1.807, 2.05) is 0 Å². The van der Waals surface area contributed by atoms with Gasteiger partial charge in [0.2, 0.25) is 0 Å². The highest BCUT2D eigenvalue weighted by atomic mass is 16.3.